The fourth-order valence-corrected chi connectivity index (χ4v) is 3.95. The summed E-state index contributed by atoms with van der Waals surface area (Å²) in [5, 5.41) is 13.7. The largest absolute Gasteiger partial charge is 0.345 e. The predicted molar refractivity (Wildman–Crippen MR) is 107 cm³/mol. The summed E-state index contributed by atoms with van der Waals surface area (Å²) in [5.41, 5.74) is -0.307. The Morgan fingerprint density at radius 2 is 1.86 bits per heavy atom. The lowest BCUT2D eigenvalue weighted by Crippen LogP contribution is -2.71. The molecule has 3 N–H and O–H groups in total. The molecule has 0 aliphatic carbocycles. The van der Waals surface area contributed by atoms with Crippen LogP contribution >= 0.6 is 0 Å². The number of nitrogens with zero attached hydrogens (tertiary/aromatic N) is 1. The van der Waals surface area contributed by atoms with Crippen molar-refractivity contribution in [3.63, 3.8) is 0 Å². The van der Waals surface area contributed by atoms with E-state index >= 15 is 0 Å². The van der Waals surface area contributed by atoms with Gasteiger partial charge in [0.25, 0.3) is 0 Å². The lowest BCUT2D eigenvalue weighted by Gasteiger charge is -2.13. The number of hydrogen-bond donors (Lipinski definition) is 3. The third kappa shape index (κ3) is 4.61. The van der Waals surface area contributed by atoms with E-state index in [1.165, 1.54) is 30.6 Å². The zero-order valence-corrected chi connectivity index (χ0v) is 16.7. The molecule has 2 saturated heterocycles. The zero-order valence-electron chi connectivity index (χ0n) is 16.7. The molecule has 6 heteroatoms. The van der Waals surface area contributed by atoms with E-state index in [0.717, 1.165) is 24.8 Å². The van der Waals surface area contributed by atoms with Gasteiger partial charge in [-0.2, -0.15) is 4.90 Å². The average molecular weight is 387 g/mol. The summed E-state index contributed by atoms with van der Waals surface area (Å²) in [6.07, 6.45) is 8.67. The first kappa shape index (κ1) is 20.5. The van der Waals surface area contributed by atoms with Crippen LogP contribution in [0.15, 0.2) is 30.3 Å². The summed E-state index contributed by atoms with van der Waals surface area (Å²) in [6.45, 7) is 2.73. The molecule has 0 aromatic heterocycles. The molecule has 28 heavy (non-hydrogen) atoms. The molecular weight excluding hydrogens is 354 g/mol. The molecule has 1 unspecified atom stereocenters. The average Bonchev–Trinajstić information content (AvgIpc) is 3.22. The lowest BCUT2D eigenvalue weighted by molar-refractivity contribution is -0.476. The number of carbonyl (C=O) groups excluding carboxylic acids is 2. The van der Waals surface area contributed by atoms with Crippen molar-refractivity contribution in [1.82, 2.24) is 10.2 Å². The Kier molecular flexibility index (Phi) is 6.83. The van der Waals surface area contributed by atoms with E-state index in [1.54, 1.807) is 0 Å². The molecule has 1 aromatic carbocycles. The Morgan fingerprint density at radius 3 is 2.57 bits per heavy atom. The van der Waals surface area contributed by atoms with Crippen LogP contribution in [-0.4, -0.2) is 39.4 Å². The fraction of sp³-hybridized carbons (Fsp3) is 0.591. The SMILES string of the molecule is CCCCCCCCCC(=O)N[C@@H]1CC(=O)N2C(=[NH+]Cc3ccccc3)C12O. The van der Waals surface area contributed by atoms with Gasteiger partial charge in [-0.3, -0.25) is 9.79 Å². The molecular formula is C22H32N3O3+. The van der Waals surface area contributed by atoms with Gasteiger partial charge in [0.15, 0.2) is 0 Å². The van der Waals surface area contributed by atoms with Gasteiger partial charge in [-0.1, -0.05) is 75.8 Å². The maximum Gasteiger partial charge on any atom is 0.337 e. The Morgan fingerprint density at radius 1 is 1.18 bits per heavy atom. The van der Waals surface area contributed by atoms with E-state index in [4.69, 9.17) is 0 Å². The van der Waals surface area contributed by atoms with Crippen LogP contribution in [0.4, 0.5) is 0 Å². The molecule has 0 spiro atoms. The smallest absolute Gasteiger partial charge is 0.337 e. The summed E-state index contributed by atoms with van der Waals surface area (Å²) in [7, 11) is 0. The van der Waals surface area contributed by atoms with Crippen LogP contribution in [0.1, 0.15) is 70.3 Å². The van der Waals surface area contributed by atoms with Gasteiger partial charge in [0.05, 0.1) is 6.42 Å². The number of fused-ring (bicyclic) bond motifs is 1. The molecule has 0 saturated carbocycles. The van der Waals surface area contributed by atoms with Crippen LogP contribution in [0.3, 0.4) is 0 Å². The molecule has 2 aliphatic heterocycles. The highest BCUT2D eigenvalue weighted by Gasteiger charge is 2.81. The first-order valence-electron chi connectivity index (χ1n) is 10.6. The van der Waals surface area contributed by atoms with Gasteiger partial charge in [0, 0.05) is 6.42 Å². The summed E-state index contributed by atoms with van der Waals surface area (Å²) in [6, 6.07) is 9.23. The third-order valence-electron chi connectivity index (χ3n) is 5.62. The van der Waals surface area contributed by atoms with Crippen molar-refractivity contribution < 1.29 is 19.7 Å². The molecule has 2 amide bonds. The van der Waals surface area contributed by atoms with Gasteiger partial charge in [-0.05, 0) is 12.0 Å². The Hall–Kier alpha value is -2.21. The van der Waals surface area contributed by atoms with Gasteiger partial charge < -0.3 is 10.4 Å². The fourth-order valence-electron chi connectivity index (χ4n) is 3.95. The first-order chi connectivity index (χ1) is 13.6. The van der Waals surface area contributed by atoms with E-state index in [2.05, 4.69) is 17.2 Å². The number of aliphatic hydroxyl groups is 1. The highest BCUT2D eigenvalue weighted by Crippen LogP contribution is 2.42. The number of nitrogens with one attached hydrogen (secondary N) is 2. The van der Waals surface area contributed by atoms with E-state index in [1.807, 2.05) is 30.3 Å². The van der Waals surface area contributed by atoms with E-state index in [0.29, 0.717) is 18.8 Å². The number of amidine groups is 1. The Balaban J connectivity index is 1.44. The maximum atomic E-state index is 12.3. The van der Waals surface area contributed by atoms with Crippen LogP contribution in [0, 0.1) is 0 Å². The monoisotopic (exact) mass is 386 g/mol. The lowest BCUT2D eigenvalue weighted by atomic mass is 10.1. The Labute approximate surface area is 167 Å². The molecule has 2 heterocycles. The van der Waals surface area contributed by atoms with Gasteiger partial charge in [-0.25, -0.2) is 4.79 Å². The number of benzene rings is 1. The molecule has 2 aliphatic rings. The number of carbonyl (C=O) groups is 2. The normalized spacial score (nSPS) is 24.5. The molecule has 2 fully saturated rings. The molecule has 152 valence electrons. The zero-order chi connectivity index (χ0) is 20.0. The number of rotatable bonds is 11. The standard InChI is InChI=1S/C22H31N3O3/c1-2-3-4-5-6-7-11-14-19(26)24-18-15-20(27)25-21(22(18,25)28)23-16-17-12-9-8-10-13-17/h8-10,12-13,18,28H,2-7,11,14-16H2,1H3,(H,24,26)/p+1/t18-,22?,25?/m1/s1. The van der Waals surface area contributed by atoms with Crippen LogP contribution in [-0.2, 0) is 16.1 Å². The highest BCUT2D eigenvalue weighted by atomic mass is 16.3. The molecule has 1 aromatic rings. The van der Waals surface area contributed by atoms with Crippen LogP contribution in [0.25, 0.3) is 0 Å². The van der Waals surface area contributed by atoms with Gasteiger partial charge >= 0.3 is 17.5 Å². The van der Waals surface area contributed by atoms with Crippen LogP contribution in [0.2, 0.25) is 0 Å². The third-order valence-corrected chi connectivity index (χ3v) is 5.62. The van der Waals surface area contributed by atoms with E-state index < -0.39 is 11.8 Å². The van der Waals surface area contributed by atoms with Crippen molar-refractivity contribution in [2.24, 2.45) is 0 Å². The van der Waals surface area contributed by atoms with Crippen molar-refractivity contribution in [2.45, 2.75) is 83.0 Å². The highest BCUT2D eigenvalue weighted by molar-refractivity contribution is 6.18. The van der Waals surface area contributed by atoms with E-state index in [9.17, 15) is 14.7 Å². The summed E-state index contributed by atoms with van der Waals surface area (Å²) in [5.74, 6) is 0.254. The van der Waals surface area contributed by atoms with Crippen molar-refractivity contribution in [2.75, 3.05) is 0 Å². The quantitative estimate of drug-likeness (QED) is 0.395. The number of unbranched alkanes of at least 4 members (excludes halogenated alkanes) is 6. The molecule has 6 nitrogen and oxygen atoms in total. The van der Waals surface area contributed by atoms with Crippen molar-refractivity contribution in [3.8, 4) is 0 Å². The summed E-state index contributed by atoms with van der Waals surface area (Å²) in [4.78, 5) is 28.9. The van der Waals surface area contributed by atoms with Gasteiger partial charge in [0.1, 0.15) is 12.6 Å². The van der Waals surface area contributed by atoms with Crippen molar-refractivity contribution in [1.29, 1.82) is 0 Å². The van der Waals surface area contributed by atoms with E-state index in [-0.39, 0.29) is 18.2 Å². The number of piperidine rings is 1. The van der Waals surface area contributed by atoms with Crippen LogP contribution < -0.4 is 10.3 Å². The van der Waals surface area contributed by atoms with Crippen molar-refractivity contribution in [3.05, 3.63) is 35.9 Å². The minimum absolute atomic E-state index is 0.0871. The molecule has 3 rings (SSSR count). The first-order valence-corrected chi connectivity index (χ1v) is 10.6. The second-order valence-electron chi connectivity index (χ2n) is 7.84. The van der Waals surface area contributed by atoms with Gasteiger partial charge in [-0.15, -0.1) is 0 Å². The van der Waals surface area contributed by atoms with Crippen LogP contribution in [0.5, 0.6) is 0 Å². The minimum atomic E-state index is -1.37. The summed E-state index contributed by atoms with van der Waals surface area (Å²) >= 11 is 0. The number of hydrogen-bond acceptors (Lipinski definition) is 3. The topological polar surface area (TPSA) is 83.4 Å². The second kappa shape index (κ2) is 9.32. The van der Waals surface area contributed by atoms with Crippen molar-refractivity contribution >= 4 is 17.6 Å². The predicted octanol–water partition coefficient (Wildman–Crippen LogP) is 1.23. The summed E-state index contributed by atoms with van der Waals surface area (Å²) < 4.78 is 0. The van der Waals surface area contributed by atoms with Gasteiger partial charge in [0.2, 0.25) is 5.91 Å². The molecule has 0 bridgehead atoms. The Bertz CT molecular complexity index is 719. The molecule has 2 atom stereocenters. The molecule has 0 radical (unpaired) electrons. The number of amides is 2. The maximum absolute atomic E-state index is 12.3. The minimum Gasteiger partial charge on any atom is -0.345 e. The second-order valence-corrected chi connectivity index (χ2v) is 7.84.